The van der Waals surface area contributed by atoms with Gasteiger partial charge in [0.25, 0.3) is 0 Å². The van der Waals surface area contributed by atoms with Gasteiger partial charge in [0.2, 0.25) is 5.82 Å². The first-order valence-electron chi connectivity index (χ1n) is 9.89. The molecule has 10 heteroatoms. The number of fused-ring (bicyclic) bond motifs is 1. The van der Waals surface area contributed by atoms with Crippen LogP contribution >= 0.6 is 11.6 Å². The van der Waals surface area contributed by atoms with Crippen LogP contribution in [0, 0.1) is 0 Å². The van der Waals surface area contributed by atoms with Crippen LogP contribution in [-0.2, 0) is 12.3 Å². The maximum Gasteiger partial charge on any atom is 0.303 e. The van der Waals surface area contributed by atoms with Crippen molar-refractivity contribution in [2.75, 3.05) is 32.1 Å². The van der Waals surface area contributed by atoms with Crippen LogP contribution in [0.25, 0.3) is 16.7 Å². The maximum atomic E-state index is 14.0. The molecule has 3 aromatic rings. The normalized spacial score (nSPS) is 17.5. The summed E-state index contributed by atoms with van der Waals surface area (Å²) in [4.78, 5) is 16.7. The largest absolute Gasteiger partial charge is 0.353 e. The molecule has 160 valence electrons. The minimum Gasteiger partial charge on any atom is -0.353 e. The van der Waals surface area contributed by atoms with Crippen molar-refractivity contribution in [3.8, 4) is 5.82 Å². The van der Waals surface area contributed by atoms with E-state index in [0.29, 0.717) is 34.6 Å². The highest BCUT2D eigenvalue weighted by Gasteiger charge is 2.31. The summed E-state index contributed by atoms with van der Waals surface area (Å²) in [5, 5.41) is 5.87. The Bertz CT molecular complexity index is 1080. The monoisotopic (exact) mass is 435 g/mol. The summed E-state index contributed by atoms with van der Waals surface area (Å²) < 4.78 is 29.6. The zero-order valence-corrected chi connectivity index (χ0v) is 18.2. The molecule has 3 aromatic heterocycles. The molecule has 1 saturated heterocycles. The van der Waals surface area contributed by atoms with Crippen molar-refractivity contribution in [2.24, 2.45) is 0 Å². The molecule has 4 heterocycles. The van der Waals surface area contributed by atoms with Gasteiger partial charge in [-0.05, 0) is 26.9 Å². The van der Waals surface area contributed by atoms with E-state index in [1.54, 1.807) is 23.0 Å². The van der Waals surface area contributed by atoms with Gasteiger partial charge in [-0.1, -0.05) is 18.5 Å². The average molecular weight is 436 g/mol. The summed E-state index contributed by atoms with van der Waals surface area (Å²) in [6.45, 7) is 4.33. The summed E-state index contributed by atoms with van der Waals surface area (Å²) in [5.41, 5.74) is 1.19. The molecule has 0 spiro atoms. The molecule has 7 nitrogen and oxygen atoms in total. The summed E-state index contributed by atoms with van der Waals surface area (Å²) in [6.07, 6.45) is 3.20. The van der Waals surface area contributed by atoms with Gasteiger partial charge in [-0.2, -0.15) is 8.78 Å². The number of hydrogen-bond acceptors (Lipinski definition) is 6. The predicted octanol–water partition coefficient (Wildman–Crippen LogP) is 3.68. The van der Waals surface area contributed by atoms with Crippen LogP contribution in [-0.4, -0.2) is 62.9 Å². The average Bonchev–Trinajstić information content (AvgIpc) is 3.31. The van der Waals surface area contributed by atoms with Crippen molar-refractivity contribution >= 4 is 28.3 Å². The fourth-order valence-corrected chi connectivity index (χ4v) is 3.86. The molecule has 1 aliphatic heterocycles. The fraction of sp³-hybridized carbons (Fsp3) is 0.500. The molecule has 0 aliphatic carbocycles. The Morgan fingerprint density at radius 1 is 1.27 bits per heavy atom. The van der Waals surface area contributed by atoms with Crippen molar-refractivity contribution in [1.29, 1.82) is 0 Å². The molecule has 30 heavy (non-hydrogen) atoms. The predicted molar refractivity (Wildman–Crippen MR) is 113 cm³/mol. The minimum absolute atomic E-state index is 0.292. The van der Waals surface area contributed by atoms with Crippen LogP contribution < -0.4 is 4.90 Å². The van der Waals surface area contributed by atoms with Crippen molar-refractivity contribution in [2.45, 2.75) is 38.7 Å². The number of aryl methyl sites for hydroxylation is 1. The smallest absolute Gasteiger partial charge is 0.303 e. The van der Waals surface area contributed by atoms with E-state index in [1.807, 2.05) is 6.92 Å². The number of likely N-dealkylation sites (N-methyl/N-ethyl adjacent to an activating group) is 1. The van der Waals surface area contributed by atoms with Gasteiger partial charge in [-0.3, -0.25) is 0 Å². The lowest BCUT2D eigenvalue weighted by molar-refractivity contribution is 0.00742. The second-order valence-electron chi connectivity index (χ2n) is 7.89. The Morgan fingerprint density at radius 2 is 2.03 bits per heavy atom. The number of nitrogens with zero attached hydrogens (tertiary/aromatic N) is 7. The topological polar surface area (TPSA) is 63.0 Å². The second kappa shape index (κ2) is 7.70. The van der Waals surface area contributed by atoms with Gasteiger partial charge in [0.15, 0.2) is 11.6 Å². The third-order valence-corrected chi connectivity index (χ3v) is 5.65. The molecule has 0 amide bonds. The molecule has 0 aromatic carbocycles. The third kappa shape index (κ3) is 3.83. The lowest BCUT2D eigenvalue weighted by atomic mass is 10.2. The van der Waals surface area contributed by atoms with Crippen LogP contribution in [0.2, 0.25) is 5.15 Å². The molecule has 0 bridgehead atoms. The molecule has 1 fully saturated rings. The second-order valence-corrected chi connectivity index (χ2v) is 8.28. The summed E-state index contributed by atoms with van der Waals surface area (Å²) in [7, 11) is 4.12. The first-order chi connectivity index (χ1) is 14.2. The number of halogens is 3. The number of rotatable bonds is 5. The first kappa shape index (κ1) is 20.9. The SMILES string of the molecule is CCc1cc(-n2nc(N3CCC(N(C)C)C3)c3cnc(Cl)cc32)nc(C(C)(F)F)n1. The Morgan fingerprint density at radius 3 is 2.67 bits per heavy atom. The van der Waals surface area contributed by atoms with E-state index in [9.17, 15) is 8.78 Å². The fourth-order valence-electron chi connectivity index (χ4n) is 3.70. The number of anilines is 1. The van der Waals surface area contributed by atoms with Gasteiger partial charge < -0.3 is 9.80 Å². The highest BCUT2D eigenvalue weighted by Crippen LogP contribution is 2.32. The Kier molecular flexibility index (Phi) is 5.36. The van der Waals surface area contributed by atoms with E-state index in [4.69, 9.17) is 16.7 Å². The van der Waals surface area contributed by atoms with Crippen molar-refractivity contribution in [3.63, 3.8) is 0 Å². The lowest BCUT2D eigenvalue weighted by Gasteiger charge is -2.20. The van der Waals surface area contributed by atoms with Gasteiger partial charge in [-0.25, -0.2) is 19.6 Å². The third-order valence-electron chi connectivity index (χ3n) is 5.44. The molecular weight excluding hydrogens is 412 g/mol. The highest BCUT2D eigenvalue weighted by atomic mass is 35.5. The Hall–Kier alpha value is -2.39. The van der Waals surface area contributed by atoms with Crippen LogP contribution in [0.3, 0.4) is 0 Å². The summed E-state index contributed by atoms with van der Waals surface area (Å²) in [5.74, 6) is -2.63. The van der Waals surface area contributed by atoms with E-state index in [-0.39, 0.29) is 0 Å². The van der Waals surface area contributed by atoms with Crippen LogP contribution in [0.4, 0.5) is 14.6 Å². The highest BCUT2D eigenvalue weighted by molar-refractivity contribution is 6.30. The van der Waals surface area contributed by atoms with E-state index in [1.165, 1.54) is 0 Å². The minimum atomic E-state index is -3.15. The van der Waals surface area contributed by atoms with Gasteiger partial charge in [0, 0.05) is 50.1 Å². The maximum absolute atomic E-state index is 14.0. The quantitative estimate of drug-likeness (QED) is 0.570. The van der Waals surface area contributed by atoms with Gasteiger partial charge in [0.05, 0.1) is 10.9 Å². The number of alkyl halides is 2. The van der Waals surface area contributed by atoms with Crippen molar-refractivity contribution < 1.29 is 8.78 Å². The molecule has 1 atom stereocenters. The van der Waals surface area contributed by atoms with Crippen molar-refractivity contribution in [3.05, 3.63) is 35.0 Å². The van der Waals surface area contributed by atoms with E-state index in [0.717, 1.165) is 37.6 Å². The molecule has 0 saturated carbocycles. The zero-order chi connectivity index (χ0) is 21.6. The van der Waals surface area contributed by atoms with Gasteiger partial charge in [-0.15, -0.1) is 5.10 Å². The standard InChI is InChI=1S/C20H24ClF2N7/c1-5-12-8-17(26-19(25-12)20(2,22)23)30-15-9-16(21)24-10-14(15)18(27-30)29-7-6-13(11-29)28(3)4/h8-10,13H,5-7,11H2,1-4H3. The molecule has 4 rings (SSSR count). The van der Waals surface area contributed by atoms with E-state index >= 15 is 0 Å². The molecular formula is C20H24ClF2N7. The number of pyridine rings is 1. The van der Waals surface area contributed by atoms with Crippen molar-refractivity contribution in [1.82, 2.24) is 29.6 Å². The van der Waals surface area contributed by atoms with E-state index in [2.05, 4.69) is 38.8 Å². The Labute approximate surface area is 178 Å². The molecule has 1 aliphatic rings. The first-order valence-corrected chi connectivity index (χ1v) is 10.3. The summed E-state index contributed by atoms with van der Waals surface area (Å²) >= 11 is 6.15. The Balaban J connectivity index is 1.87. The van der Waals surface area contributed by atoms with E-state index < -0.39 is 11.7 Å². The lowest BCUT2D eigenvalue weighted by Crippen LogP contribution is -2.31. The van der Waals surface area contributed by atoms with Crippen LogP contribution in [0.15, 0.2) is 18.3 Å². The van der Waals surface area contributed by atoms with Gasteiger partial charge in [0.1, 0.15) is 5.15 Å². The zero-order valence-electron chi connectivity index (χ0n) is 17.4. The van der Waals surface area contributed by atoms with Crippen LogP contribution in [0.1, 0.15) is 31.8 Å². The molecule has 0 radical (unpaired) electrons. The van der Waals surface area contributed by atoms with Gasteiger partial charge >= 0.3 is 5.92 Å². The van der Waals surface area contributed by atoms with Crippen LogP contribution in [0.5, 0.6) is 0 Å². The molecule has 1 unspecified atom stereocenters. The summed E-state index contributed by atoms with van der Waals surface area (Å²) in [6, 6.07) is 3.79. The number of aromatic nitrogens is 5. The molecule has 0 N–H and O–H groups in total. The number of hydrogen-bond donors (Lipinski definition) is 0.